The normalized spacial score (nSPS) is 41.3. The molecule has 0 radical (unpaired) electrons. The summed E-state index contributed by atoms with van der Waals surface area (Å²) in [6.45, 7) is 6.08. The average Bonchev–Trinajstić information content (AvgIpc) is 2.94. The van der Waals surface area contributed by atoms with Crippen molar-refractivity contribution in [2.75, 3.05) is 0 Å². The third-order valence-corrected chi connectivity index (χ3v) is 6.43. The first-order valence-corrected chi connectivity index (χ1v) is 7.83. The number of nitrogens with zero attached hydrogens (tertiary/aromatic N) is 1. The Bertz CT molecular complexity index is 474. The quantitative estimate of drug-likeness (QED) is 0.840. The topological polar surface area (TPSA) is 58.5 Å². The van der Waals surface area contributed by atoms with Crippen LogP contribution in [-0.4, -0.2) is 27.6 Å². The van der Waals surface area contributed by atoms with Crippen molar-refractivity contribution >= 4 is 28.6 Å². The molecule has 0 spiro atoms. The molecule has 1 amide bonds. The van der Waals surface area contributed by atoms with Crippen LogP contribution < -0.4 is 5.32 Å². The van der Waals surface area contributed by atoms with E-state index in [-0.39, 0.29) is 17.7 Å². The SMILES string of the molecule is CC(C)C1(C)SC(N[C@H]2C[C@H]3CC2CC3=O)=NC1=O. The highest BCUT2D eigenvalue weighted by Crippen LogP contribution is 2.44. The average molecular weight is 280 g/mol. The van der Waals surface area contributed by atoms with Crippen LogP contribution in [0.15, 0.2) is 4.99 Å². The van der Waals surface area contributed by atoms with Gasteiger partial charge < -0.3 is 5.32 Å². The van der Waals surface area contributed by atoms with Crippen LogP contribution in [0.5, 0.6) is 0 Å². The van der Waals surface area contributed by atoms with Crippen LogP contribution in [0.2, 0.25) is 0 Å². The largest absolute Gasteiger partial charge is 0.361 e. The lowest BCUT2D eigenvalue weighted by Gasteiger charge is -2.26. The summed E-state index contributed by atoms with van der Waals surface area (Å²) in [5.41, 5.74) is 0. The molecule has 5 heteroatoms. The molecule has 2 aliphatic carbocycles. The van der Waals surface area contributed by atoms with E-state index in [1.165, 1.54) is 0 Å². The van der Waals surface area contributed by atoms with Crippen molar-refractivity contribution in [1.82, 2.24) is 5.32 Å². The molecule has 1 N–H and O–H groups in total. The van der Waals surface area contributed by atoms with Gasteiger partial charge in [-0.15, -0.1) is 0 Å². The maximum absolute atomic E-state index is 12.0. The van der Waals surface area contributed by atoms with Gasteiger partial charge in [-0.25, -0.2) is 0 Å². The lowest BCUT2D eigenvalue weighted by atomic mass is 9.94. The molecule has 0 aromatic rings. The number of rotatable bonds is 2. The second-order valence-corrected chi connectivity index (χ2v) is 7.87. The summed E-state index contributed by atoms with van der Waals surface area (Å²) in [5, 5.41) is 4.17. The molecule has 1 heterocycles. The first-order chi connectivity index (χ1) is 8.90. The van der Waals surface area contributed by atoms with Crippen LogP contribution >= 0.6 is 11.8 Å². The zero-order valence-electron chi connectivity index (χ0n) is 11.6. The summed E-state index contributed by atoms with van der Waals surface area (Å²) < 4.78 is -0.435. The minimum absolute atomic E-state index is 0.0331. The third kappa shape index (κ3) is 2.02. The summed E-state index contributed by atoms with van der Waals surface area (Å²) >= 11 is 1.55. The summed E-state index contributed by atoms with van der Waals surface area (Å²) in [4.78, 5) is 27.8. The Morgan fingerprint density at radius 3 is 2.58 bits per heavy atom. The van der Waals surface area contributed by atoms with Gasteiger partial charge in [-0.1, -0.05) is 25.6 Å². The molecule has 4 nitrogen and oxygen atoms in total. The maximum Gasteiger partial charge on any atom is 0.264 e. The van der Waals surface area contributed by atoms with Gasteiger partial charge in [0, 0.05) is 18.4 Å². The van der Waals surface area contributed by atoms with E-state index in [0.29, 0.717) is 24.2 Å². The van der Waals surface area contributed by atoms with Crippen molar-refractivity contribution in [3.63, 3.8) is 0 Å². The van der Waals surface area contributed by atoms with E-state index >= 15 is 0 Å². The van der Waals surface area contributed by atoms with E-state index in [4.69, 9.17) is 0 Å². The van der Waals surface area contributed by atoms with Crippen molar-refractivity contribution in [2.45, 2.75) is 50.8 Å². The number of amidine groups is 1. The number of carbonyl (C=O) groups is 2. The highest BCUT2D eigenvalue weighted by molar-refractivity contribution is 8.16. The molecular formula is C14H20N2O2S. The summed E-state index contributed by atoms with van der Waals surface area (Å²) in [7, 11) is 0. The van der Waals surface area contributed by atoms with Gasteiger partial charge in [-0.05, 0) is 31.6 Å². The molecule has 2 bridgehead atoms. The Morgan fingerprint density at radius 2 is 2.11 bits per heavy atom. The first kappa shape index (κ1) is 13.2. The number of nitrogens with one attached hydrogen (secondary N) is 1. The number of amides is 1. The number of ketones is 1. The van der Waals surface area contributed by atoms with Crippen molar-refractivity contribution in [1.29, 1.82) is 0 Å². The van der Waals surface area contributed by atoms with Crippen LogP contribution in [0.4, 0.5) is 0 Å². The van der Waals surface area contributed by atoms with Crippen LogP contribution in [0, 0.1) is 17.8 Å². The van der Waals surface area contributed by atoms with Crippen LogP contribution in [0.1, 0.15) is 40.0 Å². The second-order valence-electron chi connectivity index (χ2n) is 6.44. The van der Waals surface area contributed by atoms with E-state index in [1.54, 1.807) is 11.8 Å². The van der Waals surface area contributed by atoms with Crippen LogP contribution in [-0.2, 0) is 9.59 Å². The fraction of sp³-hybridized carbons (Fsp3) is 0.786. The van der Waals surface area contributed by atoms with Crippen molar-refractivity contribution < 1.29 is 9.59 Å². The molecule has 104 valence electrons. The number of fused-ring (bicyclic) bond motifs is 2. The van der Waals surface area contributed by atoms with E-state index in [0.717, 1.165) is 18.0 Å². The first-order valence-electron chi connectivity index (χ1n) is 7.01. The van der Waals surface area contributed by atoms with Gasteiger partial charge in [0.1, 0.15) is 10.5 Å². The minimum Gasteiger partial charge on any atom is -0.361 e. The van der Waals surface area contributed by atoms with Crippen molar-refractivity contribution in [3.8, 4) is 0 Å². The number of thioether (sulfide) groups is 1. The fourth-order valence-corrected chi connectivity index (χ4v) is 4.38. The highest BCUT2D eigenvalue weighted by Gasteiger charge is 2.48. The van der Waals surface area contributed by atoms with E-state index in [9.17, 15) is 9.59 Å². The molecular weight excluding hydrogens is 260 g/mol. The molecule has 19 heavy (non-hydrogen) atoms. The molecule has 4 atom stereocenters. The number of Topliss-reactive ketones (excluding diaryl/α,β-unsaturated/α-hetero) is 1. The van der Waals surface area contributed by atoms with Gasteiger partial charge in [-0.3, -0.25) is 9.59 Å². The lowest BCUT2D eigenvalue weighted by Crippen LogP contribution is -2.39. The molecule has 2 unspecified atom stereocenters. The molecule has 0 aromatic carbocycles. The summed E-state index contributed by atoms with van der Waals surface area (Å²) in [6.07, 6.45) is 2.63. The van der Waals surface area contributed by atoms with Crippen LogP contribution in [0.3, 0.4) is 0 Å². The molecule has 0 saturated heterocycles. The Labute approximate surface area is 117 Å². The maximum atomic E-state index is 12.0. The molecule has 3 rings (SSSR count). The number of carbonyl (C=O) groups excluding carboxylic acids is 2. The zero-order valence-corrected chi connectivity index (χ0v) is 12.4. The van der Waals surface area contributed by atoms with Gasteiger partial charge in [0.2, 0.25) is 0 Å². The summed E-state index contributed by atoms with van der Waals surface area (Å²) in [5.74, 6) is 1.35. The van der Waals surface area contributed by atoms with Crippen molar-refractivity contribution in [2.24, 2.45) is 22.7 Å². The molecule has 3 aliphatic rings. The number of hydrogen-bond acceptors (Lipinski definition) is 4. The third-order valence-electron chi connectivity index (χ3n) is 4.96. The van der Waals surface area contributed by atoms with Crippen molar-refractivity contribution in [3.05, 3.63) is 0 Å². The van der Waals surface area contributed by atoms with Gasteiger partial charge in [0.25, 0.3) is 5.91 Å². The Kier molecular flexibility index (Phi) is 3.00. The predicted molar refractivity (Wildman–Crippen MR) is 76.0 cm³/mol. The van der Waals surface area contributed by atoms with Crippen LogP contribution in [0.25, 0.3) is 0 Å². The smallest absolute Gasteiger partial charge is 0.264 e. The van der Waals surface area contributed by atoms with Gasteiger partial charge in [0.05, 0.1) is 0 Å². The second kappa shape index (κ2) is 4.33. The zero-order chi connectivity index (χ0) is 13.8. The minimum atomic E-state index is -0.435. The van der Waals surface area contributed by atoms with Gasteiger partial charge >= 0.3 is 0 Å². The summed E-state index contributed by atoms with van der Waals surface area (Å²) in [6, 6.07) is 0.330. The molecule has 2 saturated carbocycles. The molecule has 1 aliphatic heterocycles. The van der Waals surface area contributed by atoms with E-state index in [2.05, 4.69) is 24.2 Å². The predicted octanol–water partition coefficient (Wildman–Crippen LogP) is 1.99. The number of hydrogen-bond donors (Lipinski definition) is 1. The Balaban J connectivity index is 1.66. The van der Waals surface area contributed by atoms with Gasteiger partial charge in [-0.2, -0.15) is 4.99 Å². The molecule has 2 fully saturated rings. The molecule has 0 aromatic heterocycles. The van der Waals surface area contributed by atoms with E-state index < -0.39 is 4.75 Å². The monoisotopic (exact) mass is 280 g/mol. The Hall–Kier alpha value is -0.840. The Morgan fingerprint density at radius 1 is 1.37 bits per heavy atom. The fourth-order valence-electron chi connectivity index (χ4n) is 3.27. The van der Waals surface area contributed by atoms with E-state index in [1.807, 2.05) is 6.92 Å². The van der Waals surface area contributed by atoms with Gasteiger partial charge in [0.15, 0.2) is 5.17 Å². The number of aliphatic imine (C=N–C) groups is 1. The standard InChI is InChI=1S/C14H20N2O2S/c1-7(2)14(3)12(18)16-13(19-14)15-10-5-9-4-8(10)6-11(9)17/h7-10H,4-6H2,1-3H3,(H,15,16,18)/t8?,9-,10+,14?/m1/s1. The highest BCUT2D eigenvalue weighted by atomic mass is 32.2. The lowest BCUT2D eigenvalue weighted by molar-refractivity contribution is -0.122.